The van der Waals surface area contributed by atoms with Gasteiger partial charge < -0.3 is 4.74 Å². The molecule has 0 unspecified atom stereocenters. The van der Waals surface area contributed by atoms with Gasteiger partial charge in [0.1, 0.15) is 17.3 Å². The first-order chi connectivity index (χ1) is 10.5. The fraction of sp³-hybridized carbons (Fsp3) is 0.250. The molecule has 0 heterocycles. The zero-order valence-corrected chi connectivity index (χ0v) is 13.8. The maximum Gasteiger partial charge on any atom is 0.242 e. The van der Waals surface area contributed by atoms with Crippen LogP contribution in [0.15, 0.2) is 53.4 Å². The van der Waals surface area contributed by atoms with E-state index in [1.54, 1.807) is 18.2 Å². The minimum atomic E-state index is -3.62. The third-order valence-corrected chi connectivity index (χ3v) is 5.08. The van der Waals surface area contributed by atoms with Crippen LogP contribution < -0.4 is 9.46 Å². The van der Waals surface area contributed by atoms with Gasteiger partial charge in [-0.15, -0.1) is 0 Å². The van der Waals surface area contributed by atoms with E-state index in [1.165, 1.54) is 11.6 Å². The lowest BCUT2D eigenvalue weighted by Crippen LogP contribution is -2.28. The van der Waals surface area contributed by atoms with E-state index in [1.807, 2.05) is 24.3 Å². The molecule has 0 amide bonds. The van der Waals surface area contributed by atoms with Gasteiger partial charge in [-0.3, -0.25) is 0 Å². The highest BCUT2D eigenvalue weighted by Crippen LogP contribution is 2.20. The number of sulfonamides is 1. The van der Waals surface area contributed by atoms with Gasteiger partial charge in [0.2, 0.25) is 10.0 Å². The Bertz CT molecular complexity index is 714. The molecule has 0 radical (unpaired) electrons. The standard InChI is InChI=1S/C16H18ClNO3S/c1-2-13-7-9-14(10-8-13)21-12-11-18-22(19,20)16-6-4-3-5-15(16)17/h3-10,18H,2,11-12H2,1H3. The Morgan fingerprint density at radius 2 is 1.77 bits per heavy atom. The Balaban J connectivity index is 1.86. The van der Waals surface area contributed by atoms with E-state index >= 15 is 0 Å². The third kappa shape index (κ3) is 4.47. The largest absolute Gasteiger partial charge is 0.492 e. The van der Waals surface area contributed by atoms with Crippen LogP contribution in [-0.4, -0.2) is 21.6 Å². The van der Waals surface area contributed by atoms with Gasteiger partial charge in [0.25, 0.3) is 0 Å². The van der Waals surface area contributed by atoms with Crippen molar-refractivity contribution in [2.24, 2.45) is 0 Å². The van der Waals surface area contributed by atoms with Crippen LogP contribution in [0.4, 0.5) is 0 Å². The highest BCUT2D eigenvalue weighted by Gasteiger charge is 2.16. The molecule has 0 fully saturated rings. The van der Waals surface area contributed by atoms with Gasteiger partial charge in [0, 0.05) is 6.54 Å². The number of benzene rings is 2. The number of hydrogen-bond donors (Lipinski definition) is 1. The summed E-state index contributed by atoms with van der Waals surface area (Å²) in [6.45, 7) is 2.50. The summed E-state index contributed by atoms with van der Waals surface area (Å²) in [5, 5.41) is 0.200. The molecule has 2 rings (SSSR count). The van der Waals surface area contributed by atoms with Gasteiger partial charge in [-0.05, 0) is 36.2 Å². The van der Waals surface area contributed by atoms with Crippen LogP contribution in [0.25, 0.3) is 0 Å². The minimum Gasteiger partial charge on any atom is -0.492 e. The lowest BCUT2D eigenvalue weighted by Gasteiger charge is -2.09. The molecule has 0 saturated carbocycles. The molecule has 0 aromatic heterocycles. The Hall–Kier alpha value is -1.56. The van der Waals surface area contributed by atoms with Crippen molar-refractivity contribution >= 4 is 21.6 Å². The Kier molecular flexibility index (Phi) is 5.83. The van der Waals surface area contributed by atoms with Crippen molar-refractivity contribution in [3.63, 3.8) is 0 Å². The normalized spacial score (nSPS) is 11.4. The van der Waals surface area contributed by atoms with E-state index in [0.717, 1.165) is 6.42 Å². The van der Waals surface area contributed by atoms with E-state index in [0.29, 0.717) is 5.75 Å². The minimum absolute atomic E-state index is 0.0731. The maximum atomic E-state index is 12.1. The van der Waals surface area contributed by atoms with Crippen LogP contribution in [0.5, 0.6) is 5.75 Å². The summed E-state index contributed by atoms with van der Waals surface area (Å²) in [6, 6.07) is 14.1. The van der Waals surface area contributed by atoms with Gasteiger partial charge in [-0.25, -0.2) is 13.1 Å². The first-order valence-electron chi connectivity index (χ1n) is 6.99. The molecule has 118 valence electrons. The average molecular weight is 340 g/mol. The molecule has 0 spiro atoms. The number of nitrogens with one attached hydrogen (secondary N) is 1. The molecule has 0 aliphatic carbocycles. The fourth-order valence-electron chi connectivity index (χ4n) is 1.91. The number of hydrogen-bond acceptors (Lipinski definition) is 3. The number of rotatable bonds is 7. The maximum absolute atomic E-state index is 12.1. The van der Waals surface area contributed by atoms with Crippen LogP contribution in [0.1, 0.15) is 12.5 Å². The SMILES string of the molecule is CCc1ccc(OCCNS(=O)(=O)c2ccccc2Cl)cc1. The third-order valence-electron chi connectivity index (χ3n) is 3.12. The summed E-state index contributed by atoms with van der Waals surface area (Å²) in [7, 11) is -3.62. The molecule has 2 aromatic carbocycles. The lowest BCUT2D eigenvalue weighted by atomic mass is 10.2. The summed E-state index contributed by atoms with van der Waals surface area (Å²) in [6.07, 6.45) is 0.970. The fourth-order valence-corrected chi connectivity index (χ4v) is 3.44. The van der Waals surface area contributed by atoms with Crippen molar-refractivity contribution in [1.29, 1.82) is 0 Å². The van der Waals surface area contributed by atoms with E-state index in [-0.39, 0.29) is 23.1 Å². The predicted octanol–water partition coefficient (Wildman–Crippen LogP) is 3.26. The summed E-state index contributed by atoms with van der Waals surface area (Å²) in [5.41, 5.74) is 1.23. The predicted molar refractivity (Wildman–Crippen MR) is 88.0 cm³/mol. The molecule has 0 aliphatic rings. The lowest BCUT2D eigenvalue weighted by molar-refractivity contribution is 0.323. The van der Waals surface area contributed by atoms with E-state index < -0.39 is 10.0 Å². The molecule has 2 aromatic rings. The van der Waals surface area contributed by atoms with Crippen LogP contribution in [0.3, 0.4) is 0 Å². The average Bonchev–Trinajstić information content (AvgIpc) is 2.52. The summed E-state index contributed by atoms with van der Waals surface area (Å²) in [5.74, 6) is 0.717. The van der Waals surface area contributed by atoms with Crippen LogP contribution in [0.2, 0.25) is 5.02 Å². The first-order valence-corrected chi connectivity index (χ1v) is 8.85. The quantitative estimate of drug-likeness (QED) is 0.788. The van der Waals surface area contributed by atoms with E-state index in [2.05, 4.69) is 11.6 Å². The Morgan fingerprint density at radius 1 is 1.09 bits per heavy atom. The van der Waals surface area contributed by atoms with Gasteiger partial charge in [0.05, 0.1) is 5.02 Å². The summed E-state index contributed by atoms with van der Waals surface area (Å²) < 4.78 is 32.2. The van der Waals surface area contributed by atoms with E-state index in [9.17, 15) is 8.42 Å². The Labute approximate surface area is 136 Å². The van der Waals surface area contributed by atoms with Crippen molar-refractivity contribution in [1.82, 2.24) is 4.72 Å². The topological polar surface area (TPSA) is 55.4 Å². The van der Waals surface area contributed by atoms with Crippen molar-refractivity contribution in [2.45, 2.75) is 18.2 Å². The van der Waals surface area contributed by atoms with Gasteiger partial charge in [-0.1, -0.05) is 42.8 Å². The first kappa shape index (κ1) is 16.8. The number of aryl methyl sites for hydroxylation is 1. The highest BCUT2D eigenvalue weighted by atomic mass is 35.5. The van der Waals surface area contributed by atoms with Crippen molar-refractivity contribution in [3.05, 3.63) is 59.1 Å². The molecule has 0 bridgehead atoms. The Morgan fingerprint density at radius 3 is 2.41 bits per heavy atom. The molecule has 0 atom stereocenters. The van der Waals surface area contributed by atoms with E-state index in [4.69, 9.17) is 16.3 Å². The van der Waals surface area contributed by atoms with Gasteiger partial charge in [-0.2, -0.15) is 0 Å². The second-order valence-electron chi connectivity index (χ2n) is 4.67. The molecular weight excluding hydrogens is 322 g/mol. The molecule has 1 N–H and O–H groups in total. The van der Waals surface area contributed by atoms with Crippen LogP contribution in [-0.2, 0) is 16.4 Å². The molecular formula is C16H18ClNO3S. The smallest absolute Gasteiger partial charge is 0.242 e. The number of ether oxygens (including phenoxy) is 1. The molecule has 0 aliphatic heterocycles. The summed E-state index contributed by atoms with van der Waals surface area (Å²) >= 11 is 5.90. The van der Waals surface area contributed by atoms with Crippen LogP contribution >= 0.6 is 11.6 Å². The van der Waals surface area contributed by atoms with Crippen molar-refractivity contribution < 1.29 is 13.2 Å². The second-order valence-corrected chi connectivity index (χ2v) is 6.82. The van der Waals surface area contributed by atoms with Crippen molar-refractivity contribution in [3.8, 4) is 5.75 Å². The molecule has 4 nitrogen and oxygen atoms in total. The van der Waals surface area contributed by atoms with Crippen molar-refractivity contribution in [2.75, 3.05) is 13.2 Å². The highest BCUT2D eigenvalue weighted by molar-refractivity contribution is 7.89. The van der Waals surface area contributed by atoms with Gasteiger partial charge in [0.15, 0.2) is 0 Å². The van der Waals surface area contributed by atoms with Crippen LogP contribution in [0, 0.1) is 0 Å². The molecule has 0 saturated heterocycles. The zero-order chi connectivity index (χ0) is 16.0. The molecule has 22 heavy (non-hydrogen) atoms. The second kappa shape index (κ2) is 7.63. The van der Waals surface area contributed by atoms with Gasteiger partial charge >= 0.3 is 0 Å². The summed E-state index contributed by atoms with van der Waals surface area (Å²) in [4.78, 5) is 0.0731. The number of halogens is 1. The molecule has 6 heteroatoms. The zero-order valence-electron chi connectivity index (χ0n) is 12.3. The monoisotopic (exact) mass is 339 g/mol.